The first-order chi connectivity index (χ1) is 7.62. The van der Waals surface area contributed by atoms with Gasteiger partial charge in [0.25, 0.3) is 0 Å². The van der Waals surface area contributed by atoms with Crippen LogP contribution in [0, 0.1) is 0 Å². The average Bonchev–Trinajstić information content (AvgIpc) is 2.65. The molecule has 92 valence electrons. The predicted octanol–water partition coefficient (Wildman–Crippen LogP) is -0.0861. The molecule has 0 aromatic rings. The second kappa shape index (κ2) is 4.69. The third-order valence-corrected chi connectivity index (χ3v) is 3.63. The third-order valence-electron chi connectivity index (χ3n) is 3.63. The van der Waals surface area contributed by atoms with E-state index in [0.29, 0.717) is 32.1 Å². The van der Waals surface area contributed by atoms with Crippen molar-refractivity contribution in [3.8, 4) is 0 Å². The summed E-state index contributed by atoms with van der Waals surface area (Å²) in [6.45, 7) is 3.07. The second-order valence-electron chi connectivity index (χ2n) is 4.89. The molecule has 5 heteroatoms. The summed E-state index contributed by atoms with van der Waals surface area (Å²) < 4.78 is 5.25. The SMILES string of the molecule is CN1CCC(NC2(C(=O)O)CCOCC2)C1. The van der Waals surface area contributed by atoms with Crippen LogP contribution in [0.5, 0.6) is 0 Å². The highest BCUT2D eigenvalue weighted by Crippen LogP contribution is 2.23. The Morgan fingerprint density at radius 2 is 2.19 bits per heavy atom. The Morgan fingerprint density at radius 3 is 2.69 bits per heavy atom. The summed E-state index contributed by atoms with van der Waals surface area (Å²) in [5.74, 6) is -0.731. The van der Waals surface area contributed by atoms with Crippen LogP contribution >= 0.6 is 0 Å². The van der Waals surface area contributed by atoms with Gasteiger partial charge < -0.3 is 14.7 Å². The molecule has 1 atom stereocenters. The van der Waals surface area contributed by atoms with Crippen LogP contribution in [0.25, 0.3) is 0 Å². The van der Waals surface area contributed by atoms with Crippen molar-refractivity contribution in [3.63, 3.8) is 0 Å². The molecule has 2 heterocycles. The monoisotopic (exact) mass is 228 g/mol. The van der Waals surface area contributed by atoms with Crippen LogP contribution in [-0.4, -0.2) is 60.9 Å². The Hall–Kier alpha value is -0.650. The van der Waals surface area contributed by atoms with E-state index >= 15 is 0 Å². The maximum Gasteiger partial charge on any atom is 0.324 e. The zero-order valence-electron chi connectivity index (χ0n) is 9.74. The smallest absolute Gasteiger partial charge is 0.324 e. The lowest BCUT2D eigenvalue weighted by molar-refractivity contribution is -0.149. The Kier molecular flexibility index (Phi) is 3.47. The van der Waals surface area contributed by atoms with Gasteiger partial charge in [0.05, 0.1) is 0 Å². The van der Waals surface area contributed by atoms with E-state index in [4.69, 9.17) is 4.74 Å². The van der Waals surface area contributed by atoms with Gasteiger partial charge in [-0.1, -0.05) is 0 Å². The van der Waals surface area contributed by atoms with Gasteiger partial charge >= 0.3 is 5.97 Å². The van der Waals surface area contributed by atoms with Gasteiger partial charge in [-0.3, -0.25) is 10.1 Å². The fraction of sp³-hybridized carbons (Fsp3) is 0.909. The van der Waals surface area contributed by atoms with Crippen LogP contribution < -0.4 is 5.32 Å². The maximum absolute atomic E-state index is 11.4. The van der Waals surface area contributed by atoms with Crippen LogP contribution in [0.4, 0.5) is 0 Å². The number of hydrogen-bond acceptors (Lipinski definition) is 4. The molecule has 2 saturated heterocycles. The first-order valence-corrected chi connectivity index (χ1v) is 5.90. The van der Waals surface area contributed by atoms with Gasteiger partial charge in [0, 0.05) is 25.8 Å². The molecule has 2 rings (SSSR count). The van der Waals surface area contributed by atoms with Crippen molar-refractivity contribution in [2.45, 2.75) is 30.8 Å². The Morgan fingerprint density at radius 1 is 1.50 bits per heavy atom. The molecule has 0 bridgehead atoms. The number of carboxylic acid groups (broad SMARTS) is 1. The van der Waals surface area contributed by atoms with Crippen molar-refractivity contribution < 1.29 is 14.6 Å². The fourth-order valence-electron chi connectivity index (χ4n) is 2.58. The lowest BCUT2D eigenvalue weighted by Gasteiger charge is -2.36. The molecule has 16 heavy (non-hydrogen) atoms. The summed E-state index contributed by atoms with van der Waals surface area (Å²) in [5.41, 5.74) is -0.756. The standard InChI is InChI=1S/C11H20N2O3/c1-13-5-2-9(8-13)12-11(10(14)15)3-6-16-7-4-11/h9,12H,2-8H2,1H3,(H,14,15). The molecule has 2 N–H and O–H groups in total. The van der Waals surface area contributed by atoms with Crippen LogP contribution in [0.1, 0.15) is 19.3 Å². The van der Waals surface area contributed by atoms with Gasteiger partial charge in [0.1, 0.15) is 5.54 Å². The molecular formula is C11H20N2O3. The van der Waals surface area contributed by atoms with Crippen LogP contribution in [0.3, 0.4) is 0 Å². The first kappa shape index (κ1) is 11.8. The second-order valence-corrected chi connectivity index (χ2v) is 4.89. The van der Waals surface area contributed by atoms with E-state index in [0.717, 1.165) is 19.5 Å². The lowest BCUT2D eigenvalue weighted by Crippen LogP contribution is -2.59. The lowest BCUT2D eigenvalue weighted by atomic mass is 9.89. The number of ether oxygens (including phenoxy) is 1. The normalized spacial score (nSPS) is 30.4. The Bertz CT molecular complexity index is 264. The van der Waals surface area contributed by atoms with Crippen molar-refractivity contribution >= 4 is 5.97 Å². The maximum atomic E-state index is 11.4. The number of aliphatic carboxylic acids is 1. The fourth-order valence-corrected chi connectivity index (χ4v) is 2.58. The molecule has 0 aromatic carbocycles. The van der Waals surface area contributed by atoms with E-state index in [2.05, 4.69) is 17.3 Å². The van der Waals surface area contributed by atoms with Crippen LogP contribution in [0.2, 0.25) is 0 Å². The highest BCUT2D eigenvalue weighted by Gasteiger charge is 2.42. The van der Waals surface area contributed by atoms with Crippen LogP contribution in [0.15, 0.2) is 0 Å². The summed E-state index contributed by atoms with van der Waals surface area (Å²) in [6.07, 6.45) is 2.18. The number of hydrogen-bond donors (Lipinski definition) is 2. The number of nitrogens with one attached hydrogen (secondary N) is 1. The highest BCUT2D eigenvalue weighted by molar-refractivity contribution is 5.79. The predicted molar refractivity (Wildman–Crippen MR) is 59.5 cm³/mol. The van der Waals surface area contributed by atoms with Gasteiger partial charge in [-0.15, -0.1) is 0 Å². The summed E-state index contributed by atoms with van der Waals surface area (Å²) in [4.78, 5) is 13.6. The molecule has 2 aliphatic heterocycles. The minimum Gasteiger partial charge on any atom is -0.480 e. The Balaban J connectivity index is 1.99. The quantitative estimate of drug-likeness (QED) is 0.707. The van der Waals surface area contributed by atoms with Gasteiger partial charge in [-0.2, -0.15) is 0 Å². The highest BCUT2D eigenvalue weighted by atomic mass is 16.5. The molecule has 0 radical (unpaired) electrons. The first-order valence-electron chi connectivity index (χ1n) is 5.90. The average molecular weight is 228 g/mol. The summed E-state index contributed by atoms with van der Waals surface area (Å²) in [6, 6.07) is 0.305. The summed E-state index contributed by atoms with van der Waals surface area (Å²) >= 11 is 0. The molecular weight excluding hydrogens is 208 g/mol. The van der Waals surface area contributed by atoms with Crippen LogP contribution in [-0.2, 0) is 9.53 Å². The minimum atomic E-state index is -0.756. The zero-order valence-corrected chi connectivity index (χ0v) is 9.74. The van der Waals surface area contributed by atoms with E-state index in [1.807, 2.05) is 0 Å². The van der Waals surface area contributed by atoms with Crippen molar-refractivity contribution in [3.05, 3.63) is 0 Å². The van der Waals surface area contributed by atoms with E-state index < -0.39 is 11.5 Å². The van der Waals surface area contributed by atoms with Crippen molar-refractivity contribution in [1.82, 2.24) is 10.2 Å². The summed E-state index contributed by atoms with van der Waals surface area (Å²) in [5, 5.41) is 12.7. The molecule has 0 spiro atoms. The van der Waals surface area contributed by atoms with E-state index in [1.165, 1.54) is 0 Å². The minimum absolute atomic E-state index is 0.305. The molecule has 2 aliphatic rings. The Labute approximate surface area is 95.8 Å². The van der Waals surface area contributed by atoms with Crippen molar-refractivity contribution in [2.75, 3.05) is 33.4 Å². The molecule has 2 fully saturated rings. The van der Waals surface area contributed by atoms with Gasteiger partial charge in [0.15, 0.2) is 0 Å². The number of likely N-dealkylation sites (N-methyl/N-ethyl adjacent to an activating group) is 1. The van der Waals surface area contributed by atoms with Crippen molar-refractivity contribution in [1.29, 1.82) is 0 Å². The number of nitrogens with zero attached hydrogens (tertiary/aromatic N) is 1. The molecule has 0 aliphatic carbocycles. The zero-order chi connectivity index (χ0) is 11.6. The summed E-state index contributed by atoms with van der Waals surface area (Å²) in [7, 11) is 2.07. The number of likely N-dealkylation sites (tertiary alicyclic amines) is 1. The number of carboxylic acids is 1. The number of rotatable bonds is 3. The molecule has 5 nitrogen and oxygen atoms in total. The van der Waals surface area contributed by atoms with Gasteiger partial charge in [0.2, 0.25) is 0 Å². The topological polar surface area (TPSA) is 61.8 Å². The number of carbonyl (C=O) groups is 1. The van der Waals surface area contributed by atoms with E-state index in [1.54, 1.807) is 0 Å². The largest absolute Gasteiger partial charge is 0.480 e. The molecule has 0 saturated carbocycles. The molecule has 0 amide bonds. The van der Waals surface area contributed by atoms with E-state index in [9.17, 15) is 9.90 Å². The molecule has 1 unspecified atom stereocenters. The van der Waals surface area contributed by atoms with E-state index in [-0.39, 0.29) is 0 Å². The third kappa shape index (κ3) is 2.36. The van der Waals surface area contributed by atoms with Crippen molar-refractivity contribution in [2.24, 2.45) is 0 Å². The van der Waals surface area contributed by atoms with Gasteiger partial charge in [-0.25, -0.2) is 0 Å². The molecule has 0 aromatic heterocycles. The van der Waals surface area contributed by atoms with Gasteiger partial charge in [-0.05, 0) is 32.9 Å².